The summed E-state index contributed by atoms with van der Waals surface area (Å²) in [6.07, 6.45) is 0. The highest BCUT2D eigenvalue weighted by molar-refractivity contribution is 7.99. The van der Waals surface area contributed by atoms with E-state index in [9.17, 15) is 9.59 Å². The Morgan fingerprint density at radius 1 is 1.23 bits per heavy atom. The van der Waals surface area contributed by atoms with E-state index in [1.54, 1.807) is 32.6 Å². The van der Waals surface area contributed by atoms with Gasteiger partial charge in [-0.1, -0.05) is 30.0 Å². The van der Waals surface area contributed by atoms with Crippen molar-refractivity contribution >= 4 is 29.0 Å². The summed E-state index contributed by atoms with van der Waals surface area (Å²) in [6.45, 7) is 2.39. The fourth-order valence-electron chi connectivity index (χ4n) is 3.19. The first-order valence-corrected chi connectivity index (χ1v) is 11.4. The Morgan fingerprint density at radius 3 is 2.71 bits per heavy atom. The van der Waals surface area contributed by atoms with Crippen LogP contribution in [0.1, 0.15) is 11.3 Å². The second kappa shape index (κ2) is 8.90. The molecular weight excluding hydrogens is 434 g/mol. The molecule has 0 saturated carbocycles. The number of carbonyl (C=O) groups excluding carboxylic acids is 1. The van der Waals surface area contributed by atoms with E-state index < -0.39 is 0 Å². The van der Waals surface area contributed by atoms with E-state index in [4.69, 9.17) is 0 Å². The highest BCUT2D eigenvalue weighted by Crippen LogP contribution is 2.20. The number of hydrogen-bond acceptors (Lipinski definition) is 7. The van der Waals surface area contributed by atoms with Gasteiger partial charge >= 0.3 is 0 Å². The first-order chi connectivity index (χ1) is 15.0. The van der Waals surface area contributed by atoms with E-state index in [2.05, 4.69) is 15.5 Å². The van der Waals surface area contributed by atoms with Crippen LogP contribution in [0.25, 0.3) is 11.4 Å². The van der Waals surface area contributed by atoms with Gasteiger partial charge in [0.25, 0.3) is 5.56 Å². The topological polar surface area (TPSA) is 90.8 Å². The van der Waals surface area contributed by atoms with Gasteiger partial charge in [0.1, 0.15) is 0 Å². The van der Waals surface area contributed by atoms with E-state index in [1.165, 1.54) is 16.4 Å². The molecule has 0 saturated heterocycles. The molecule has 9 nitrogen and oxygen atoms in total. The molecule has 1 amide bonds. The maximum atomic E-state index is 13.2. The summed E-state index contributed by atoms with van der Waals surface area (Å²) < 4.78 is 4.75. The van der Waals surface area contributed by atoms with E-state index in [0.29, 0.717) is 23.1 Å². The number of carbonyl (C=O) groups is 1. The van der Waals surface area contributed by atoms with Crippen molar-refractivity contribution < 1.29 is 4.79 Å². The van der Waals surface area contributed by atoms with Crippen molar-refractivity contribution in [2.45, 2.75) is 18.6 Å². The molecule has 160 valence electrons. The van der Waals surface area contributed by atoms with Gasteiger partial charge in [-0.3, -0.25) is 14.3 Å². The number of tetrazole rings is 1. The minimum absolute atomic E-state index is 0.0442. The van der Waals surface area contributed by atoms with E-state index in [0.717, 1.165) is 11.3 Å². The molecule has 0 aliphatic heterocycles. The third-order valence-electron chi connectivity index (χ3n) is 4.93. The quantitative estimate of drug-likeness (QED) is 0.397. The number of para-hydroxylation sites is 1. The molecule has 0 atom stereocenters. The van der Waals surface area contributed by atoms with Crippen LogP contribution in [-0.4, -0.2) is 53.2 Å². The summed E-state index contributed by atoms with van der Waals surface area (Å²) in [5.74, 6) is 0.122. The average Bonchev–Trinajstić information content (AvgIpc) is 3.49. The van der Waals surface area contributed by atoms with Crippen LogP contribution in [0.15, 0.2) is 57.1 Å². The SMILES string of the molecule is Cc1c(-n2nnnc2SCC(=O)N(C)Cc2ccsc2)c(=O)n(-c2ccccc2)n1C. The zero-order valence-electron chi connectivity index (χ0n) is 17.3. The average molecular weight is 456 g/mol. The summed E-state index contributed by atoms with van der Waals surface area (Å²) in [5.41, 5.74) is 2.68. The Hall–Kier alpha value is -3.18. The smallest absolute Gasteiger partial charge is 0.297 e. The molecule has 11 heteroatoms. The molecule has 0 fully saturated rings. The fraction of sp³-hybridized carbons (Fsp3) is 0.250. The van der Waals surface area contributed by atoms with Crippen molar-refractivity contribution in [3.8, 4) is 11.4 Å². The van der Waals surface area contributed by atoms with Crippen LogP contribution in [0.2, 0.25) is 0 Å². The summed E-state index contributed by atoms with van der Waals surface area (Å²) in [6, 6.07) is 11.4. The normalized spacial score (nSPS) is 11.1. The minimum Gasteiger partial charge on any atom is -0.341 e. The van der Waals surface area contributed by atoms with Gasteiger partial charge in [0.15, 0.2) is 5.69 Å². The van der Waals surface area contributed by atoms with Crippen LogP contribution < -0.4 is 5.56 Å². The van der Waals surface area contributed by atoms with Crippen LogP contribution in [0.4, 0.5) is 0 Å². The van der Waals surface area contributed by atoms with Gasteiger partial charge in [-0.15, -0.1) is 5.10 Å². The van der Waals surface area contributed by atoms with Crippen molar-refractivity contribution in [3.63, 3.8) is 0 Å². The first kappa shape index (κ1) is 21.1. The van der Waals surface area contributed by atoms with Crippen LogP contribution in [0, 0.1) is 6.92 Å². The molecule has 4 aromatic rings. The van der Waals surface area contributed by atoms with Gasteiger partial charge in [-0.25, -0.2) is 4.68 Å². The Balaban J connectivity index is 1.56. The second-order valence-corrected chi connectivity index (χ2v) is 8.68. The number of thioether (sulfide) groups is 1. The summed E-state index contributed by atoms with van der Waals surface area (Å²) in [4.78, 5) is 27.4. The third kappa shape index (κ3) is 4.19. The highest BCUT2D eigenvalue weighted by Gasteiger charge is 2.22. The lowest BCUT2D eigenvalue weighted by molar-refractivity contribution is -0.127. The summed E-state index contributed by atoms with van der Waals surface area (Å²) >= 11 is 2.81. The van der Waals surface area contributed by atoms with Gasteiger partial charge < -0.3 is 4.90 Å². The van der Waals surface area contributed by atoms with Crippen LogP contribution in [-0.2, 0) is 18.4 Å². The molecule has 3 aromatic heterocycles. The number of aromatic nitrogens is 6. The van der Waals surface area contributed by atoms with Crippen LogP contribution in [0.3, 0.4) is 0 Å². The van der Waals surface area contributed by atoms with Crippen molar-refractivity contribution in [2.24, 2.45) is 7.05 Å². The zero-order chi connectivity index (χ0) is 22.0. The van der Waals surface area contributed by atoms with E-state index in [-0.39, 0.29) is 17.2 Å². The molecule has 4 rings (SSSR count). The summed E-state index contributed by atoms with van der Waals surface area (Å²) in [5, 5.41) is 16.2. The Bertz CT molecular complexity index is 1240. The number of nitrogens with zero attached hydrogens (tertiary/aromatic N) is 7. The largest absolute Gasteiger partial charge is 0.341 e. The van der Waals surface area contributed by atoms with Crippen LogP contribution >= 0.6 is 23.1 Å². The number of rotatable bonds is 7. The van der Waals surface area contributed by atoms with Crippen molar-refractivity contribution in [3.05, 3.63) is 68.8 Å². The molecule has 0 radical (unpaired) electrons. The standard InChI is InChI=1S/C20H21N7O2S2/c1-14-18(19(29)27(25(14)3)16-7-5-4-6-8-16)26-20(21-22-23-26)31-13-17(28)24(2)11-15-9-10-30-12-15/h4-10,12H,11,13H2,1-3H3. The number of thiophene rings is 1. The predicted octanol–water partition coefficient (Wildman–Crippen LogP) is 2.27. The molecule has 0 bridgehead atoms. The van der Waals surface area contributed by atoms with E-state index in [1.807, 2.05) is 61.1 Å². The molecule has 0 unspecified atom stereocenters. The lowest BCUT2D eigenvalue weighted by Gasteiger charge is -2.15. The molecule has 31 heavy (non-hydrogen) atoms. The third-order valence-corrected chi connectivity index (χ3v) is 6.56. The second-order valence-electron chi connectivity index (χ2n) is 6.95. The van der Waals surface area contributed by atoms with Crippen molar-refractivity contribution in [1.29, 1.82) is 0 Å². The van der Waals surface area contributed by atoms with Crippen LogP contribution in [0.5, 0.6) is 0 Å². The number of hydrogen-bond donors (Lipinski definition) is 0. The van der Waals surface area contributed by atoms with Gasteiger partial charge in [0, 0.05) is 20.6 Å². The highest BCUT2D eigenvalue weighted by atomic mass is 32.2. The molecule has 1 aromatic carbocycles. The monoisotopic (exact) mass is 455 g/mol. The lowest BCUT2D eigenvalue weighted by Crippen LogP contribution is -2.27. The number of benzene rings is 1. The molecular formula is C20H21N7O2S2. The van der Waals surface area contributed by atoms with Crippen molar-refractivity contribution in [1.82, 2.24) is 34.5 Å². The maximum absolute atomic E-state index is 13.2. The van der Waals surface area contributed by atoms with Gasteiger partial charge in [0.2, 0.25) is 11.1 Å². The Kier molecular flexibility index (Phi) is 6.05. The van der Waals surface area contributed by atoms with Gasteiger partial charge in [0.05, 0.1) is 17.1 Å². The molecule has 0 aliphatic carbocycles. The molecule has 0 aliphatic rings. The molecule has 3 heterocycles. The van der Waals surface area contributed by atoms with E-state index >= 15 is 0 Å². The predicted molar refractivity (Wildman–Crippen MR) is 120 cm³/mol. The summed E-state index contributed by atoms with van der Waals surface area (Å²) in [7, 11) is 3.58. The first-order valence-electron chi connectivity index (χ1n) is 9.48. The van der Waals surface area contributed by atoms with Crippen molar-refractivity contribution in [2.75, 3.05) is 12.8 Å². The fourth-order valence-corrected chi connectivity index (χ4v) is 4.67. The lowest BCUT2D eigenvalue weighted by atomic mass is 10.3. The number of amides is 1. The molecule has 0 spiro atoms. The Morgan fingerprint density at radius 2 is 2.00 bits per heavy atom. The maximum Gasteiger partial charge on any atom is 0.297 e. The Labute approximate surface area is 186 Å². The molecule has 0 N–H and O–H groups in total. The minimum atomic E-state index is -0.235. The van der Waals surface area contributed by atoms with Gasteiger partial charge in [-0.05, 0) is 51.9 Å². The van der Waals surface area contributed by atoms with Gasteiger partial charge in [-0.2, -0.15) is 16.0 Å². The zero-order valence-corrected chi connectivity index (χ0v) is 18.9.